The number of likely N-dealkylation sites (tertiary alicyclic amines) is 1. The normalized spacial score (nSPS) is 16.2. The average molecular weight is 435 g/mol. The lowest BCUT2D eigenvalue weighted by Gasteiger charge is -2.22. The van der Waals surface area contributed by atoms with Crippen LogP contribution in [-0.4, -0.2) is 39.6 Å². The molecule has 1 unspecified atom stereocenters. The van der Waals surface area contributed by atoms with Crippen molar-refractivity contribution in [3.63, 3.8) is 0 Å². The molecule has 1 amide bonds. The lowest BCUT2D eigenvalue weighted by Crippen LogP contribution is -2.30. The summed E-state index contributed by atoms with van der Waals surface area (Å²) >= 11 is 1.68. The summed E-state index contributed by atoms with van der Waals surface area (Å²) in [6.07, 6.45) is 2.71. The number of carbonyl (C=O) groups excluding carboxylic acids is 1. The fourth-order valence-corrected chi connectivity index (χ4v) is 5.04. The van der Waals surface area contributed by atoms with Gasteiger partial charge in [0.05, 0.1) is 23.4 Å². The number of para-hydroxylation sites is 1. The third-order valence-electron chi connectivity index (χ3n) is 5.54. The number of aromatic nitrogens is 3. The van der Waals surface area contributed by atoms with Crippen LogP contribution in [0.4, 0.5) is 0 Å². The molecule has 1 atom stereocenters. The van der Waals surface area contributed by atoms with E-state index in [1.807, 2.05) is 47.4 Å². The molecule has 1 aliphatic rings. The number of benzene rings is 2. The highest BCUT2D eigenvalue weighted by Gasteiger charge is 2.32. The van der Waals surface area contributed by atoms with Crippen molar-refractivity contribution in [3.05, 3.63) is 59.4 Å². The Balaban J connectivity index is 1.24. The average Bonchev–Trinajstić information content (AvgIpc) is 3.56. The summed E-state index contributed by atoms with van der Waals surface area (Å²) in [6.45, 7) is 0.764. The van der Waals surface area contributed by atoms with Crippen molar-refractivity contribution in [2.75, 3.05) is 13.7 Å². The quantitative estimate of drug-likeness (QED) is 0.439. The van der Waals surface area contributed by atoms with Gasteiger partial charge in [-0.1, -0.05) is 17.3 Å². The van der Waals surface area contributed by atoms with Gasteiger partial charge in [-0.25, -0.2) is 4.98 Å². The van der Waals surface area contributed by atoms with Gasteiger partial charge in [0.2, 0.25) is 17.6 Å². The Hall–Kier alpha value is -3.26. The Morgan fingerprint density at radius 1 is 1.19 bits per heavy atom. The van der Waals surface area contributed by atoms with Crippen LogP contribution in [0.25, 0.3) is 21.6 Å². The Labute approximate surface area is 183 Å². The second kappa shape index (κ2) is 8.47. The number of methoxy groups -OCH3 is 1. The van der Waals surface area contributed by atoms with Crippen LogP contribution in [0, 0.1) is 0 Å². The number of ether oxygens (including phenoxy) is 1. The largest absolute Gasteiger partial charge is 0.497 e. The van der Waals surface area contributed by atoms with Gasteiger partial charge < -0.3 is 14.2 Å². The van der Waals surface area contributed by atoms with E-state index in [0.29, 0.717) is 24.6 Å². The summed E-state index contributed by atoms with van der Waals surface area (Å²) in [7, 11) is 1.63. The van der Waals surface area contributed by atoms with Gasteiger partial charge in [0.1, 0.15) is 10.8 Å². The second-order valence-corrected chi connectivity index (χ2v) is 8.57. The second-order valence-electron chi connectivity index (χ2n) is 7.51. The van der Waals surface area contributed by atoms with Crippen LogP contribution in [0.3, 0.4) is 0 Å². The first-order valence-corrected chi connectivity index (χ1v) is 11.1. The summed E-state index contributed by atoms with van der Waals surface area (Å²) in [6, 6.07) is 15.6. The smallest absolute Gasteiger partial charge is 0.227 e. The molecule has 0 N–H and O–H groups in total. The van der Waals surface area contributed by atoms with E-state index in [9.17, 15) is 4.79 Å². The zero-order valence-corrected chi connectivity index (χ0v) is 18.0. The first-order chi connectivity index (χ1) is 15.2. The molecular formula is C23H22N4O3S. The van der Waals surface area contributed by atoms with E-state index >= 15 is 0 Å². The van der Waals surface area contributed by atoms with Crippen LogP contribution < -0.4 is 4.74 Å². The topological polar surface area (TPSA) is 81.4 Å². The number of fused-ring (bicyclic) bond motifs is 1. The number of carbonyl (C=O) groups is 1. The van der Waals surface area contributed by atoms with Gasteiger partial charge in [-0.05, 0) is 49.2 Å². The summed E-state index contributed by atoms with van der Waals surface area (Å²) in [5.41, 5.74) is 1.84. The lowest BCUT2D eigenvalue weighted by atomic mass is 10.2. The van der Waals surface area contributed by atoms with Crippen LogP contribution in [-0.2, 0) is 11.2 Å². The lowest BCUT2D eigenvalue weighted by molar-refractivity contribution is -0.132. The maximum atomic E-state index is 13.0. The molecule has 0 bridgehead atoms. The minimum absolute atomic E-state index is 0.0578. The van der Waals surface area contributed by atoms with E-state index in [4.69, 9.17) is 14.2 Å². The van der Waals surface area contributed by atoms with Crippen molar-refractivity contribution < 1.29 is 14.1 Å². The molecule has 2 aromatic carbocycles. The molecule has 2 aromatic heterocycles. The summed E-state index contributed by atoms with van der Waals surface area (Å²) in [5, 5.41) is 5.06. The minimum atomic E-state index is 0.0578. The predicted octanol–water partition coefficient (Wildman–Crippen LogP) is 4.65. The highest BCUT2D eigenvalue weighted by atomic mass is 32.1. The van der Waals surface area contributed by atoms with Crippen molar-refractivity contribution in [1.29, 1.82) is 0 Å². The zero-order valence-electron chi connectivity index (χ0n) is 17.2. The van der Waals surface area contributed by atoms with Gasteiger partial charge in [-0.3, -0.25) is 4.79 Å². The van der Waals surface area contributed by atoms with Gasteiger partial charge in [0, 0.05) is 24.9 Å². The van der Waals surface area contributed by atoms with Crippen molar-refractivity contribution in [2.24, 2.45) is 0 Å². The van der Waals surface area contributed by atoms with E-state index < -0.39 is 0 Å². The van der Waals surface area contributed by atoms with Gasteiger partial charge in [0.25, 0.3) is 0 Å². The van der Waals surface area contributed by atoms with Crippen LogP contribution >= 0.6 is 11.3 Å². The van der Waals surface area contributed by atoms with Gasteiger partial charge in [-0.15, -0.1) is 11.3 Å². The Morgan fingerprint density at radius 2 is 2.03 bits per heavy atom. The molecule has 31 heavy (non-hydrogen) atoms. The van der Waals surface area contributed by atoms with Crippen molar-refractivity contribution >= 4 is 27.5 Å². The maximum Gasteiger partial charge on any atom is 0.227 e. The number of amides is 1. The highest BCUT2D eigenvalue weighted by Crippen LogP contribution is 2.36. The third kappa shape index (κ3) is 4.03. The molecule has 0 radical (unpaired) electrons. The van der Waals surface area contributed by atoms with Crippen LogP contribution in [0.15, 0.2) is 53.1 Å². The molecule has 0 spiro atoms. The SMILES string of the molecule is COc1ccc(-c2noc(CCC(=O)N3CCCC3c3nc4ccccc4s3)n2)cc1. The molecule has 5 rings (SSSR count). The van der Waals surface area contributed by atoms with Gasteiger partial charge in [-0.2, -0.15) is 4.98 Å². The van der Waals surface area contributed by atoms with Crippen molar-refractivity contribution in [3.8, 4) is 17.1 Å². The number of rotatable bonds is 6. The molecule has 158 valence electrons. The molecule has 1 saturated heterocycles. The van der Waals surface area contributed by atoms with Crippen LogP contribution in [0.1, 0.15) is 36.2 Å². The fourth-order valence-electron chi connectivity index (χ4n) is 3.93. The van der Waals surface area contributed by atoms with Crippen molar-refractivity contribution in [1.82, 2.24) is 20.0 Å². The number of nitrogens with zero attached hydrogens (tertiary/aromatic N) is 4. The molecule has 0 saturated carbocycles. The Bertz CT molecular complexity index is 1170. The first-order valence-electron chi connectivity index (χ1n) is 10.3. The number of aryl methyl sites for hydroxylation is 1. The maximum absolute atomic E-state index is 13.0. The number of hydrogen-bond donors (Lipinski definition) is 0. The molecule has 7 nitrogen and oxygen atoms in total. The summed E-state index contributed by atoms with van der Waals surface area (Å²) < 4.78 is 11.7. The Morgan fingerprint density at radius 3 is 2.84 bits per heavy atom. The molecule has 1 fully saturated rings. The molecule has 1 aliphatic heterocycles. The van der Waals surface area contributed by atoms with Crippen LogP contribution in [0.2, 0.25) is 0 Å². The number of thiazole rings is 1. The third-order valence-corrected chi connectivity index (χ3v) is 6.68. The predicted molar refractivity (Wildman–Crippen MR) is 118 cm³/mol. The molecular weight excluding hydrogens is 412 g/mol. The van der Waals surface area contributed by atoms with E-state index in [-0.39, 0.29) is 11.9 Å². The van der Waals surface area contributed by atoms with E-state index in [0.717, 1.165) is 45.9 Å². The van der Waals surface area contributed by atoms with Gasteiger partial charge >= 0.3 is 0 Å². The first kappa shape index (κ1) is 19.7. The van der Waals surface area contributed by atoms with E-state index in [2.05, 4.69) is 16.2 Å². The number of hydrogen-bond acceptors (Lipinski definition) is 7. The molecule has 3 heterocycles. The van der Waals surface area contributed by atoms with E-state index in [1.54, 1.807) is 18.4 Å². The highest BCUT2D eigenvalue weighted by molar-refractivity contribution is 7.18. The standard InChI is InChI=1S/C23H22N4O3S/c1-29-16-10-8-15(9-11-16)22-25-20(30-26-22)12-13-21(28)27-14-4-6-18(27)23-24-17-5-2-3-7-19(17)31-23/h2-3,5,7-11,18H,4,6,12-14H2,1H3. The molecule has 0 aliphatic carbocycles. The zero-order chi connectivity index (χ0) is 21.2. The Kier molecular flexibility index (Phi) is 5.38. The molecule has 8 heteroatoms. The van der Waals surface area contributed by atoms with Gasteiger partial charge in [0.15, 0.2) is 0 Å². The van der Waals surface area contributed by atoms with E-state index in [1.165, 1.54) is 0 Å². The molecule has 4 aromatic rings. The summed E-state index contributed by atoms with van der Waals surface area (Å²) in [5.74, 6) is 1.85. The minimum Gasteiger partial charge on any atom is -0.497 e. The van der Waals surface area contributed by atoms with Crippen molar-refractivity contribution in [2.45, 2.75) is 31.7 Å². The monoisotopic (exact) mass is 434 g/mol. The van der Waals surface area contributed by atoms with Crippen LogP contribution in [0.5, 0.6) is 5.75 Å². The fraction of sp³-hybridized carbons (Fsp3) is 0.304. The summed E-state index contributed by atoms with van der Waals surface area (Å²) in [4.78, 5) is 24.1.